The summed E-state index contributed by atoms with van der Waals surface area (Å²) in [4.78, 5) is 10.2. The van der Waals surface area contributed by atoms with Crippen LogP contribution in [0.25, 0.3) is 0 Å². The fourth-order valence-corrected chi connectivity index (χ4v) is 0.639. The van der Waals surface area contributed by atoms with Gasteiger partial charge in [0.2, 0.25) is 0 Å². The van der Waals surface area contributed by atoms with Crippen LogP contribution in [0.4, 0.5) is 0 Å². The second-order valence-electron chi connectivity index (χ2n) is 2.70. The molecule has 1 N–H and O–H groups in total. The van der Waals surface area contributed by atoms with E-state index in [0.29, 0.717) is 0 Å². The zero-order valence-electron chi connectivity index (χ0n) is 7.50. The van der Waals surface area contributed by atoms with E-state index in [1.54, 1.807) is 19.1 Å². The number of carboxylic acids is 1. The van der Waals surface area contributed by atoms with Crippen molar-refractivity contribution in [3.8, 4) is 0 Å². The van der Waals surface area contributed by atoms with Gasteiger partial charge >= 0.3 is 5.97 Å². The quantitative estimate of drug-likeness (QED) is 0.651. The molecule has 0 aliphatic heterocycles. The highest BCUT2D eigenvalue weighted by atomic mass is 16.4. The van der Waals surface area contributed by atoms with Crippen molar-refractivity contribution in [2.75, 3.05) is 0 Å². The van der Waals surface area contributed by atoms with Gasteiger partial charge < -0.3 is 5.11 Å². The van der Waals surface area contributed by atoms with Gasteiger partial charge in [0.1, 0.15) is 0 Å². The fourth-order valence-electron chi connectivity index (χ4n) is 0.639. The minimum atomic E-state index is -0.798. The zero-order valence-corrected chi connectivity index (χ0v) is 7.50. The third-order valence-electron chi connectivity index (χ3n) is 1.38. The maximum Gasteiger partial charge on any atom is 0.307 e. The van der Waals surface area contributed by atoms with Gasteiger partial charge in [-0.1, -0.05) is 36.0 Å². The summed E-state index contributed by atoms with van der Waals surface area (Å²) in [5, 5.41) is 8.42. The molecule has 0 saturated heterocycles. The lowest BCUT2D eigenvalue weighted by atomic mass is 10.2. The van der Waals surface area contributed by atoms with Gasteiger partial charge in [-0.25, -0.2) is 0 Å². The van der Waals surface area contributed by atoms with E-state index in [4.69, 9.17) is 5.11 Å². The molecule has 0 bridgehead atoms. The summed E-state index contributed by atoms with van der Waals surface area (Å²) in [5.74, 6) is -0.798. The first kappa shape index (κ1) is 10.7. The average Bonchev–Trinajstić information content (AvgIpc) is 1.99. The third kappa shape index (κ3) is 5.47. The van der Waals surface area contributed by atoms with Crippen molar-refractivity contribution in [3.05, 3.63) is 36.0 Å². The molecule has 66 valence electrons. The Hall–Kier alpha value is -1.31. The van der Waals surface area contributed by atoms with Gasteiger partial charge in [0, 0.05) is 0 Å². The highest BCUT2D eigenvalue weighted by Gasteiger charge is 1.95. The Labute approximate surface area is 72.9 Å². The topological polar surface area (TPSA) is 37.3 Å². The molecule has 0 saturated carbocycles. The summed E-state index contributed by atoms with van der Waals surface area (Å²) in [6.45, 7) is 7.29. The standard InChI is InChI=1S/C10H14O2/c1-4-8(2)5-6-9(3)7-10(11)12/h4-6H,1,7H2,2-3H3,(H,11,12)/b8-5-,9-6+. The third-order valence-corrected chi connectivity index (χ3v) is 1.38. The minimum absolute atomic E-state index is 0.0981. The molecule has 0 aromatic rings. The van der Waals surface area contributed by atoms with Crippen LogP contribution in [-0.2, 0) is 4.79 Å². The summed E-state index contributed by atoms with van der Waals surface area (Å²) in [7, 11) is 0. The van der Waals surface area contributed by atoms with E-state index in [2.05, 4.69) is 6.58 Å². The fraction of sp³-hybridized carbons (Fsp3) is 0.300. The second-order valence-corrected chi connectivity index (χ2v) is 2.70. The molecule has 0 spiro atoms. The Morgan fingerprint density at radius 2 is 2.00 bits per heavy atom. The van der Waals surface area contributed by atoms with Crippen LogP contribution in [0, 0.1) is 0 Å². The number of hydrogen-bond acceptors (Lipinski definition) is 1. The summed E-state index contributed by atoms with van der Waals surface area (Å²) >= 11 is 0. The molecule has 0 atom stereocenters. The molecule has 0 unspecified atom stereocenters. The molecular weight excluding hydrogens is 152 g/mol. The lowest BCUT2D eigenvalue weighted by molar-refractivity contribution is -0.136. The zero-order chi connectivity index (χ0) is 9.56. The first-order valence-corrected chi connectivity index (χ1v) is 3.74. The van der Waals surface area contributed by atoms with Crippen molar-refractivity contribution in [2.24, 2.45) is 0 Å². The highest BCUT2D eigenvalue weighted by molar-refractivity contribution is 5.69. The maximum absolute atomic E-state index is 10.2. The normalized spacial score (nSPS) is 12.8. The lowest BCUT2D eigenvalue weighted by Crippen LogP contribution is -1.94. The maximum atomic E-state index is 10.2. The van der Waals surface area contributed by atoms with Gasteiger partial charge in [-0.05, 0) is 13.8 Å². The van der Waals surface area contributed by atoms with Crippen molar-refractivity contribution in [1.29, 1.82) is 0 Å². The predicted molar refractivity (Wildman–Crippen MR) is 50.0 cm³/mol. The SMILES string of the molecule is C=C/C(C)=C\C=C(/C)CC(=O)O. The number of carboxylic acid groups (broad SMARTS) is 1. The highest BCUT2D eigenvalue weighted by Crippen LogP contribution is 2.02. The molecule has 12 heavy (non-hydrogen) atoms. The molecule has 0 aromatic carbocycles. The summed E-state index contributed by atoms with van der Waals surface area (Å²) in [6.07, 6.45) is 5.47. The smallest absolute Gasteiger partial charge is 0.307 e. The van der Waals surface area contributed by atoms with E-state index < -0.39 is 5.97 Å². The first-order chi connectivity index (χ1) is 5.56. The van der Waals surface area contributed by atoms with Crippen LogP contribution >= 0.6 is 0 Å². The minimum Gasteiger partial charge on any atom is -0.481 e. The van der Waals surface area contributed by atoms with E-state index in [-0.39, 0.29) is 6.42 Å². The molecule has 0 aromatic heterocycles. The van der Waals surface area contributed by atoms with Crippen LogP contribution in [0.3, 0.4) is 0 Å². The lowest BCUT2D eigenvalue weighted by Gasteiger charge is -1.93. The van der Waals surface area contributed by atoms with Crippen molar-refractivity contribution in [2.45, 2.75) is 20.3 Å². The molecule has 0 aliphatic carbocycles. The first-order valence-electron chi connectivity index (χ1n) is 3.74. The van der Waals surface area contributed by atoms with Gasteiger partial charge in [0.25, 0.3) is 0 Å². The Kier molecular flexibility index (Phi) is 4.77. The van der Waals surface area contributed by atoms with E-state index in [1.165, 1.54) is 0 Å². The number of rotatable bonds is 4. The van der Waals surface area contributed by atoms with Gasteiger partial charge in [0.05, 0.1) is 6.42 Å². The van der Waals surface area contributed by atoms with Crippen LogP contribution < -0.4 is 0 Å². The number of aliphatic carboxylic acids is 1. The average molecular weight is 166 g/mol. The number of hydrogen-bond donors (Lipinski definition) is 1. The predicted octanol–water partition coefficient (Wildman–Crippen LogP) is 2.54. The van der Waals surface area contributed by atoms with Gasteiger partial charge in [-0.2, -0.15) is 0 Å². The number of allylic oxidation sites excluding steroid dienone is 4. The number of carbonyl (C=O) groups is 1. The molecule has 0 heterocycles. The van der Waals surface area contributed by atoms with Crippen LogP contribution in [0.1, 0.15) is 20.3 Å². The van der Waals surface area contributed by atoms with Crippen LogP contribution in [0.2, 0.25) is 0 Å². The van der Waals surface area contributed by atoms with Crippen molar-refractivity contribution < 1.29 is 9.90 Å². The van der Waals surface area contributed by atoms with E-state index in [9.17, 15) is 4.79 Å². The van der Waals surface area contributed by atoms with Gasteiger partial charge in [0.15, 0.2) is 0 Å². The molecule has 0 aliphatic rings. The Morgan fingerprint density at radius 1 is 1.42 bits per heavy atom. The molecule has 2 nitrogen and oxygen atoms in total. The molecule has 0 fully saturated rings. The van der Waals surface area contributed by atoms with Crippen LogP contribution in [0.5, 0.6) is 0 Å². The summed E-state index contributed by atoms with van der Waals surface area (Å²) in [5.41, 5.74) is 1.86. The Balaban J connectivity index is 4.17. The molecule has 0 amide bonds. The van der Waals surface area contributed by atoms with Crippen molar-refractivity contribution >= 4 is 5.97 Å². The van der Waals surface area contributed by atoms with Crippen molar-refractivity contribution in [3.63, 3.8) is 0 Å². The molecule has 2 heteroatoms. The molecular formula is C10H14O2. The summed E-state index contributed by atoms with van der Waals surface area (Å²) in [6, 6.07) is 0. The van der Waals surface area contributed by atoms with Crippen molar-refractivity contribution in [1.82, 2.24) is 0 Å². The Bertz CT molecular complexity index is 234. The second kappa shape index (κ2) is 5.35. The summed E-state index contributed by atoms with van der Waals surface area (Å²) < 4.78 is 0. The van der Waals surface area contributed by atoms with Crippen LogP contribution in [0.15, 0.2) is 36.0 Å². The van der Waals surface area contributed by atoms with Gasteiger partial charge in [-0.15, -0.1) is 0 Å². The van der Waals surface area contributed by atoms with E-state index in [1.807, 2.05) is 13.0 Å². The van der Waals surface area contributed by atoms with Crippen LogP contribution in [-0.4, -0.2) is 11.1 Å². The van der Waals surface area contributed by atoms with Gasteiger partial charge in [-0.3, -0.25) is 4.79 Å². The van der Waals surface area contributed by atoms with E-state index >= 15 is 0 Å². The Morgan fingerprint density at radius 3 is 2.42 bits per heavy atom. The molecule has 0 radical (unpaired) electrons. The van der Waals surface area contributed by atoms with E-state index in [0.717, 1.165) is 11.1 Å². The largest absolute Gasteiger partial charge is 0.481 e. The molecule has 0 rings (SSSR count). The monoisotopic (exact) mass is 166 g/mol.